The number of rotatable bonds is 9. The van der Waals surface area contributed by atoms with Crippen LogP contribution in [-0.4, -0.2) is 67.1 Å². The van der Waals surface area contributed by atoms with E-state index in [-0.39, 0.29) is 0 Å². The van der Waals surface area contributed by atoms with E-state index in [2.05, 4.69) is 74.6 Å². The summed E-state index contributed by atoms with van der Waals surface area (Å²) in [6.07, 6.45) is 2.37. The van der Waals surface area contributed by atoms with Gasteiger partial charge >= 0.3 is 0 Å². The van der Waals surface area contributed by atoms with E-state index in [0.717, 1.165) is 42.7 Å². The van der Waals surface area contributed by atoms with E-state index in [1.807, 2.05) is 7.05 Å². The maximum Gasteiger partial charge on any atom is 0.191 e. The van der Waals surface area contributed by atoms with Gasteiger partial charge in [0, 0.05) is 51.2 Å². The van der Waals surface area contributed by atoms with Crippen LogP contribution in [0, 0.1) is 13.8 Å². The lowest BCUT2D eigenvalue weighted by atomic mass is 10.2. The predicted octanol–water partition coefficient (Wildman–Crippen LogP) is 3.02. The summed E-state index contributed by atoms with van der Waals surface area (Å²) in [5.74, 6) is 0.857. The van der Waals surface area contributed by atoms with Crippen LogP contribution in [-0.2, 0) is 13.1 Å². The second-order valence-corrected chi connectivity index (χ2v) is 9.20. The van der Waals surface area contributed by atoms with Crippen LogP contribution < -0.4 is 10.6 Å². The van der Waals surface area contributed by atoms with Crippen LogP contribution in [0.3, 0.4) is 0 Å². The van der Waals surface area contributed by atoms with Crippen molar-refractivity contribution in [2.24, 2.45) is 4.99 Å². The third-order valence-corrected chi connectivity index (χ3v) is 6.68. The maximum absolute atomic E-state index is 4.57. The Labute approximate surface area is 185 Å². The smallest absolute Gasteiger partial charge is 0.191 e. The molecule has 3 rings (SSSR count). The number of piperazine rings is 1. The molecule has 0 spiro atoms. The summed E-state index contributed by atoms with van der Waals surface area (Å²) >= 11 is 1.75. The molecule has 0 radical (unpaired) electrons. The molecule has 1 aliphatic rings. The van der Waals surface area contributed by atoms with Gasteiger partial charge in [0.1, 0.15) is 5.01 Å². The highest BCUT2D eigenvalue weighted by molar-refractivity contribution is 7.11. The van der Waals surface area contributed by atoms with Crippen LogP contribution in [0.2, 0.25) is 0 Å². The number of aliphatic imine (C=N–C) groups is 1. The Morgan fingerprint density at radius 2 is 1.77 bits per heavy atom. The lowest BCUT2D eigenvalue weighted by molar-refractivity contribution is 0.126. The van der Waals surface area contributed by atoms with Gasteiger partial charge < -0.3 is 15.5 Å². The standard InChI is InChI=1S/C23H36N6S/c1-19-20(2)30-22(27-19)17-26-23(24-3)25-11-7-8-12-28-13-15-29(16-14-28)18-21-9-5-4-6-10-21/h4-6,9-10H,7-8,11-18H2,1-3H3,(H2,24,25,26). The molecule has 1 aliphatic heterocycles. The molecular formula is C23H36N6S. The molecule has 2 heterocycles. The molecule has 0 saturated carbocycles. The molecule has 2 aromatic rings. The summed E-state index contributed by atoms with van der Waals surface area (Å²) in [4.78, 5) is 15.3. The second kappa shape index (κ2) is 12.0. The van der Waals surface area contributed by atoms with Gasteiger partial charge in [-0.2, -0.15) is 0 Å². The van der Waals surface area contributed by atoms with E-state index in [9.17, 15) is 0 Å². The minimum atomic E-state index is 0.728. The SMILES string of the molecule is CN=C(NCCCCN1CCN(Cc2ccccc2)CC1)NCc1nc(C)c(C)s1. The van der Waals surface area contributed by atoms with Gasteiger partial charge in [-0.3, -0.25) is 9.89 Å². The van der Waals surface area contributed by atoms with Gasteiger partial charge in [-0.1, -0.05) is 30.3 Å². The van der Waals surface area contributed by atoms with Crippen molar-refractivity contribution in [2.45, 2.75) is 39.8 Å². The first kappa shape index (κ1) is 22.7. The third kappa shape index (κ3) is 7.38. The number of aryl methyl sites for hydroxylation is 2. The van der Waals surface area contributed by atoms with Crippen LogP contribution in [0.4, 0.5) is 0 Å². The normalized spacial score (nSPS) is 16.0. The molecule has 0 aliphatic carbocycles. The topological polar surface area (TPSA) is 55.8 Å². The van der Waals surface area contributed by atoms with Crippen molar-refractivity contribution < 1.29 is 0 Å². The van der Waals surface area contributed by atoms with Crippen molar-refractivity contribution in [2.75, 3.05) is 46.3 Å². The molecular weight excluding hydrogens is 392 g/mol. The van der Waals surface area contributed by atoms with E-state index in [4.69, 9.17) is 0 Å². The molecule has 2 N–H and O–H groups in total. The maximum atomic E-state index is 4.57. The second-order valence-electron chi connectivity index (χ2n) is 7.91. The van der Waals surface area contributed by atoms with Crippen LogP contribution >= 0.6 is 11.3 Å². The van der Waals surface area contributed by atoms with Crippen LogP contribution in [0.5, 0.6) is 0 Å². The Balaban J connectivity index is 1.24. The van der Waals surface area contributed by atoms with Gasteiger partial charge in [0.2, 0.25) is 0 Å². The van der Waals surface area contributed by atoms with Gasteiger partial charge in [0.15, 0.2) is 5.96 Å². The number of hydrogen-bond acceptors (Lipinski definition) is 5. The summed E-state index contributed by atoms with van der Waals surface area (Å²) in [6.45, 7) is 12.8. The molecule has 1 saturated heterocycles. The van der Waals surface area contributed by atoms with E-state index < -0.39 is 0 Å². The fraction of sp³-hybridized carbons (Fsp3) is 0.565. The number of nitrogens with one attached hydrogen (secondary N) is 2. The average Bonchev–Trinajstić information content (AvgIpc) is 3.09. The molecule has 0 amide bonds. The molecule has 0 atom stereocenters. The zero-order chi connectivity index (χ0) is 21.2. The Kier molecular flexibility index (Phi) is 9.11. The van der Waals surface area contributed by atoms with Gasteiger partial charge in [0.05, 0.1) is 12.2 Å². The number of hydrogen-bond donors (Lipinski definition) is 2. The van der Waals surface area contributed by atoms with Crippen LogP contribution in [0.25, 0.3) is 0 Å². The van der Waals surface area contributed by atoms with Crippen molar-refractivity contribution >= 4 is 17.3 Å². The highest BCUT2D eigenvalue weighted by atomic mass is 32.1. The lowest BCUT2D eigenvalue weighted by Gasteiger charge is -2.34. The van der Waals surface area contributed by atoms with E-state index >= 15 is 0 Å². The van der Waals surface area contributed by atoms with Gasteiger partial charge in [0.25, 0.3) is 0 Å². The fourth-order valence-electron chi connectivity index (χ4n) is 3.67. The molecule has 0 unspecified atom stereocenters. The fourth-order valence-corrected chi connectivity index (χ4v) is 4.55. The summed E-state index contributed by atoms with van der Waals surface area (Å²) in [5.41, 5.74) is 2.54. The zero-order valence-electron chi connectivity index (χ0n) is 18.7. The number of nitrogens with zero attached hydrogens (tertiary/aromatic N) is 4. The highest BCUT2D eigenvalue weighted by Crippen LogP contribution is 2.15. The number of aromatic nitrogens is 1. The Morgan fingerprint density at radius 1 is 1.03 bits per heavy atom. The van der Waals surface area contributed by atoms with E-state index in [1.54, 1.807) is 11.3 Å². The molecule has 1 aromatic heterocycles. The molecule has 7 heteroatoms. The summed E-state index contributed by atoms with van der Waals surface area (Å²) < 4.78 is 0. The summed E-state index contributed by atoms with van der Waals surface area (Å²) in [6, 6.07) is 10.8. The van der Waals surface area contributed by atoms with Crippen molar-refractivity contribution in [3.8, 4) is 0 Å². The summed E-state index contributed by atoms with van der Waals surface area (Å²) in [5, 5.41) is 7.89. The molecule has 1 fully saturated rings. The predicted molar refractivity (Wildman–Crippen MR) is 127 cm³/mol. The third-order valence-electron chi connectivity index (χ3n) is 5.61. The quantitative estimate of drug-likeness (QED) is 0.365. The van der Waals surface area contributed by atoms with Gasteiger partial charge in [-0.15, -0.1) is 11.3 Å². The molecule has 6 nitrogen and oxygen atoms in total. The highest BCUT2D eigenvalue weighted by Gasteiger charge is 2.16. The molecule has 164 valence electrons. The van der Waals surface area contributed by atoms with Crippen LogP contribution in [0.1, 0.15) is 34.0 Å². The summed E-state index contributed by atoms with van der Waals surface area (Å²) in [7, 11) is 1.82. The number of guanidine groups is 1. The van der Waals surface area contributed by atoms with Crippen LogP contribution in [0.15, 0.2) is 35.3 Å². The van der Waals surface area contributed by atoms with Crippen molar-refractivity contribution in [1.29, 1.82) is 0 Å². The molecule has 30 heavy (non-hydrogen) atoms. The first-order chi connectivity index (χ1) is 14.6. The van der Waals surface area contributed by atoms with E-state index in [0.29, 0.717) is 0 Å². The first-order valence-corrected chi connectivity index (χ1v) is 11.8. The van der Waals surface area contributed by atoms with Crippen molar-refractivity contribution in [1.82, 2.24) is 25.4 Å². The average molecular weight is 429 g/mol. The zero-order valence-corrected chi connectivity index (χ0v) is 19.5. The first-order valence-electron chi connectivity index (χ1n) is 11.0. The Morgan fingerprint density at radius 3 is 2.43 bits per heavy atom. The number of unbranched alkanes of at least 4 members (excludes halogenated alkanes) is 1. The lowest BCUT2D eigenvalue weighted by Crippen LogP contribution is -2.46. The number of benzene rings is 1. The van der Waals surface area contributed by atoms with Crippen molar-refractivity contribution in [3.63, 3.8) is 0 Å². The van der Waals surface area contributed by atoms with Gasteiger partial charge in [-0.25, -0.2) is 4.98 Å². The van der Waals surface area contributed by atoms with E-state index in [1.165, 1.54) is 49.6 Å². The molecule has 1 aromatic carbocycles. The minimum absolute atomic E-state index is 0.728. The molecule has 0 bridgehead atoms. The minimum Gasteiger partial charge on any atom is -0.356 e. The largest absolute Gasteiger partial charge is 0.356 e. The Hall–Kier alpha value is -1.96. The van der Waals surface area contributed by atoms with Gasteiger partial charge in [-0.05, 0) is 38.8 Å². The number of thiazole rings is 1. The monoisotopic (exact) mass is 428 g/mol. The Bertz CT molecular complexity index is 761. The van der Waals surface area contributed by atoms with Crippen molar-refractivity contribution in [3.05, 3.63) is 51.5 Å².